The van der Waals surface area contributed by atoms with Crippen molar-refractivity contribution in [2.24, 2.45) is 5.73 Å². The number of hydrogen-bond donors (Lipinski definition) is 2. The third kappa shape index (κ3) is 6.77. The average Bonchev–Trinajstić information content (AvgIpc) is 2.34. The van der Waals surface area contributed by atoms with Gasteiger partial charge < -0.3 is 11.1 Å². The van der Waals surface area contributed by atoms with Gasteiger partial charge in [0.1, 0.15) is 0 Å². The Morgan fingerprint density at radius 2 is 1.67 bits per heavy atom. The van der Waals surface area contributed by atoms with E-state index in [9.17, 15) is 0 Å². The van der Waals surface area contributed by atoms with Crippen molar-refractivity contribution in [3.05, 3.63) is 35.9 Å². The molecule has 1 rings (SSSR count). The standard InChI is InChI=1S/C16H28N2/c1-16(2,14-15-10-6-5-7-11-15)18-13-9-4-3-8-12-17/h5-7,10-11,18H,3-4,8-9,12-14,17H2,1-2H3. The van der Waals surface area contributed by atoms with Gasteiger partial charge in [-0.05, 0) is 51.8 Å². The third-order valence-corrected chi connectivity index (χ3v) is 3.22. The fourth-order valence-corrected chi connectivity index (χ4v) is 2.22. The van der Waals surface area contributed by atoms with E-state index in [1.165, 1.54) is 24.8 Å². The Hall–Kier alpha value is -0.860. The minimum atomic E-state index is 0.176. The Morgan fingerprint density at radius 1 is 1.00 bits per heavy atom. The first-order valence-electron chi connectivity index (χ1n) is 7.13. The lowest BCUT2D eigenvalue weighted by molar-refractivity contribution is 0.380. The maximum Gasteiger partial charge on any atom is 0.0165 e. The van der Waals surface area contributed by atoms with Crippen molar-refractivity contribution in [1.29, 1.82) is 0 Å². The van der Waals surface area contributed by atoms with Gasteiger partial charge >= 0.3 is 0 Å². The van der Waals surface area contributed by atoms with Crippen LogP contribution < -0.4 is 11.1 Å². The smallest absolute Gasteiger partial charge is 0.0165 e. The Labute approximate surface area is 112 Å². The maximum atomic E-state index is 5.48. The van der Waals surface area contributed by atoms with Crippen molar-refractivity contribution in [1.82, 2.24) is 5.32 Å². The van der Waals surface area contributed by atoms with Crippen molar-refractivity contribution in [3.63, 3.8) is 0 Å². The van der Waals surface area contributed by atoms with E-state index in [1.807, 2.05) is 0 Å². The number of benzene rings is 1. The zero-order valence-electron chi connectivity index (χ0n) is 11.9. The molecule has 1 aromatic rings. The second kappa shape index (κ2) is 8.28. The summed E-state index contributed by atoms with van der Waals surface area (Å²) < 4.78 is 0. The molecule has 3 N–H and O–H groups in total. The number of nitrogens with one attached hydrogen (secondary N) is 1. The molecule has 0 aliphatic rings. The van der Waals surface area contributed by atoms with E-state index in [2.05, 4.69) is 49.5 Å². The van der Waals surface area contributed by atoms with Crippen molar-refractivity contribution in [2.75, 3.05) is 13.1 Å². The van der Waals surface area contributed by atoms with Crippen LogP contribution in [0, 0.1) is 0 Å². The van der Waals surface area contributed by atoms with Crippen LogP contribution in [0.3, 0.4) is 0 Å². The van der Waals surface area contributed by atoms with Crippen molar-refractivity contribution < 1.29 is 0 Å². The van der Waals surface area contributed by atoms with Crippen LogP contribution in [0.2, 0.25) is 0 Å². The van der Waals surface area contributed by atoms with Crippen LogP contribution in [-0.2, 0) is 6.42 Å². The predicted octanol–water partition coefficient (Wildman–Crippen LogP) is 3.12. The number of nitrogens with two attached hydrogens (primary N) is 1. The summed E-state index contributed by atoms with van der Waals surface area (Å²) in [6.45, 7) is 6.48. The summed E-state index contributed by atoms with van der Waals surface area (Å²) >= 11 is 0. The van der Waals surface area contributed by atoms with Gasteiger partial charge in [0.2, 0.25) is 0 Å². The van der Waals surface area contributed by atoms with Crippen LogP contribution in [0.4, 0.5) is 0 Å². The molecule has 0 aliphatic heterocycles. The molecule has 0 fully saturated rings. The molecule has 18 heavy (non-hydrogen) atoms. The molecule has 0 bridgehead atoms. The highest BCUT2D eigenvalue weighted by atomic mass is 14.9. The first-order valence-corrected chi connectivity index (χ1v) is 7.13. The Morgan fingerprint density at radius 3 is 2.33 bits per heavy atom. The van der Waals surface area contributed by atoms with Crippen LogP contribution >= 0.6 is 0 Å². The zero-order chi connectivity index (χ0) is 13.3. The van der Waals surface area contributed by atoms with E-state index >= 15 is 0 Å². The first kappa shape index (κ1) is 15.2. The van der Waals surface area contributed by atoms with Crippen LogP contribution in [-0.4, -0.2) is 18.6 Å². The fourth-order valence-electron chi connectivity index (χ4n) is 2.22. The van der Waals surface area contributed by atoms with E-state index < -0.39 is 0 Å². The topological polar surface area (TPSA) is 38.0 Å². The Balaban J connectivity index is 2.19. The first-order chi connectivity index (χ1) is 8.64. The van der Waals surface area contributed by atoms with Gasteiger partial charge in [0.25, 0.3) is 0 Å². The van der Waals surface area contributed by atoms with E-state index in [1.54, 1.807) is 0 Å². The molecule has 0 saturated carbocycles. The minimum absolute atomic E-state index is 0.176. The molecule has 0 amide bonds. The van der Waals surface area contributed by atoms with Crippen LogP contribution in [0.25, 0.3) is 0 Å². The van der Waals surface area contributed by atoms with E-state index in [4.69, 9.17) is 5.73 Å². The van der Waals surface area contributed by atoms with Crippen LogP contribution in [0.5, 0.6) is 0 Å². The highest BCUT2D eigenvalue weighted by molar-refractivity contribution is 5.17. The molecular weight excluding hydrogens is 220 g/mol. The second-order valence-corrected chi connectivity index (χ2v) is 5.68. The molecule has 2 heteroatoms. The summed E-state index contributed by atoms with van der Waals surface area (Å²) in [6.07, 6.45) is 6.03. The summed E-state index contributed by atoms with van der Waals surface area (Å²) in [4.78, 5) is 0. The summed E-state index contributed by atoms with van der Waals surface area (Å²) in [7, 11) is 0. The molecule has 102 valence electrons. The average molecular weight is 248 g/mol. The second-order valence-electron chi connectivity index (χ2n) is 5.68. The monoisotopic (exact) mass is 248 g/mol. The largest absolute Gasteiger partial charge is 0.330 e. The molecular formula is C16H28N2. The van der Waals surface area contributed by atoms with Crippen molar-refractivity contribution in [2.45, 2.75) is 51.5 Å². The van der Waals surface area contributed by atoms with E-state index in [0.717, 1.165) is 25.9 Å². The van der Waals surface area contributed by atoms with E-state index in [-0.39, 0.29) is 5.54 Å². The van der Waals surface area contributed by atoms with Crippen molar-refractivity contribution in [3.8, 4) is 0 Å². The molecule has 1 aromatic carbocycles. The Bertz CT molecular complexity index is 306. The molecule has 0 radical (unpaired) electrons. The number of rotatable bonds is 9. The van der Waals surface area contributed by atoms with Gasteiger partial charge in [-0.15, -0.1) is 0 Å². The van der Waals surface area contributed by atoms with Crippen molar-refractivity contribution >= 4 is 0 Å². The van der Waals surface area contributed by atoms with Crippen LogP contribution in [0.15, 0.2) is 30.3 Å². The normalized spacial score (nSPS) is 11.7. The number of hydrogen-bond acceptors (Lipinski definition) is 2. The van der Waals surface area contributed by atoms with Gasteiger partial charge in [0, 0.05) is 5.54 Å². The van der Waals surface area contributed by atoms with Gasteiger partial charge in [0.05, 0.1) is 0 Å². The molecule has 0 saturated heterocycles. The lowest BCUT2D eigenvalue weighted by atomic mass is 9.95. The molecule has 0 atom stereocenters. The SMILES string of the molecule is CC(C)(Cc1ccccc1)NCCCCCCN. The summed E-state index contributed by atoms with van der Waals surface area (Å²) in [5.41, 5.74) is 7.06. The predicted molar refractivity (Wildman–Crippen MR) is 79.8 cm³/mol. The van der Waals surface area contributed by atoms with Crippen LogP contribution in [0.1, 0.15) is 45.1 Å². The van der Waals surface area contributed by atoms with Gasteiger partial charge in [-0.25, -0.2) is 0 Å². The van der Waals surface area contributed by atoms with Gasteiger partial charge in [-0.3, -0.25) is 0 Å². The molecule has 0 aliphatic carbocycles. The fraction of sp³-hybridized carbons (Fsp3) is 0.625. The molecule has 0 heterocycles. The molecule has 0 aromatic heterocycles. The lowest BCUT2D eigenvalue weighted by Crippen LogP contribution is -2.41. The van der Waals surface area contributed by atoms with Gasteiger partial charge in [0.15, 0.2) is 0 Å². The number of unbranched alkanes of at least 4 members (excludes halogenated alkanes) is 3. The Kier molecular flexibility index (Phi) is 6.99. The molecule has 0 unspecified atom stereocenters. The third-order valence-electron chi connectivity index (χ3n) is 3.22. The zero-order valence-corrected chi connectivity index (χ0v) is 11.9. The van der Waals surface area contributed by atoms with Gasteiger partial charge in [-0.1, -0.05) is 43.2 Å². The summed E-state index contributed by atoms with van der Waals surface area (Å²) in [5, 5.41) is 3.65. The highest BCUT2D eigenvalue weighted by Crippen LogP contribution is 2.12. The molecule has 0 spiro atoms. The quantitative estimate of drug-likeness (QED) is 0.659. The molecule has 2 nitrogen and oxygen atoms in total. The minimum Gasteiger partial charge on any atom is -0.330 e. The van der Waals surface area contributed by atoms with E-state index in [0.29, 0.717) is 0 Å². The maximum absolute atomic E-state index is 5.48. The highest BCUT2D eigenvalue weighted by Gasteiger charge is 2.16. The lowest BCUT2D eigenvalue weighted by Gasteiger charge is -2.26. The summed E-state index contributed by atoms with van der Waals surface area (Å²) in [5.74, 6) is 0. The van der Waals surface area contributed by atoms with Gasteiger partial charge in [-0.2, -0.15) is 0 Å². The summed E-state index contributed by atoms with van der Waals surface area (Å²) in [6, 6.07) is 10.7.